The van der Waals surface area contributed by atoms with Gasteiger partial charge in [-0.25, -0.2) is 14.1 Å². The highest BCUT2D eigenvalue weighted by atomic mass is 32.2. The van der Waals surface area contributed by atoms with Crippen molar-refractivity contribution in [2.24, 2.45) is 0 Å². The van der Waals surface area contributed by atoms with Crippen molar-refractivity contribution in [1.82, 2.24) is 14.8 Å². The van der Waals surface area contributed by atoms with Crippen LogP contribution in [-0.4, -0.2) is 20.7 Å². The highest BCUT2D eigenvalue weighted by Gasteiger charge is 2.10. The van der Waals surface area contributed by atoms with Gasteiger partial charge in [0.15, 0.2) is 5.82 Å². The predicted molar refractivity (Wildman–Crippen MR) is 114 cm³/mol. The van der Waals surface area contributed by atoms with Crippen LogP contribution in [0.4, 0.5) is 10.1 Å². The van der Waals surface area contributed by atoms with Crippen LogP contribution in [0.3, 0.4) is 0 Å². The van der Waals surface area contributed by atoms with E-state index in [0.29, 0.717) is 16.9 Å². The standard InChI is InChI=1S/C21H17FN4OS2/c1-14-24-17(12-28-14)13-29-18-6-3-15(4-7-18)21(27)25-16-5-8-20(19(22)11-16)26-10-2-9-23-26/h2-12H,13H2,1H3,(H,25,27). The normalized spacial score (nSPS) is 10.8. The summed E-state index contributed by atoms with van der Waals surface area (Å²) in [5, 5.41) is 9.85. The zero-order valence-electron chi connectivity index (χ0n) is 15.5. The molecule has 4 aromatic rings. The number of thioether (sulfide) groups is 1. The van der Waals surface area contributed by atoms with Gasteiger partial charge in [0, 0.05) is 39.7 Å². The van der Waals surface area contributed by atoms with Gasteiger partial charge in [0.05, 0.1) is 10.7 Å². The minimum atomic E-state index is -0.462. The maximum atomic E-state index is 14.3. The van der Waals surface area contributed by atoms with E-state index in [-0.39, 0.29) is 5.91 Å². The first-order valence-electron chi connectivity index (χ1n) is 8.83. The highest BCUT2D eigenvalue weighted by molar-refractivity contribution is 7.98. The molecule has 0 aliphatic rings. The van der Waals surface area contributed by atoms with Crippen LogP contribution in [0.25, 0.3) is 5.69 Å². The number of aryl methyl sites for hydroxylation is 1. The van der Waals surface area contributed by atoms with Gasteiger partial charge in [-0.1, -0.05) is 0 Å². The average Bonchev–Trinajstić information content (AvgIpc) is 3.39. The third-order valence-corrected chi connectivity index (χ3v) is 5.99. The van der Waals surface area contributed by atoms with Gasteiger partial charge in [-0.2, -0.15) is 5.10 Å². The Bertz CT molecular complexity index is 1120. The number of nitrogens with zero attached hydrogens (tertiary/aromatic N) is 3. The number of carbonyl (C=O) groups excluding carboxylic acids is 1. The first kappa shape index (κ1) is 19.4. The van der Waals surface area contributed by atoms with E-state index in [1.54, 1.807) is 65.8 Å². The van der Waals surface area contributed by atoms with Gasteiger partial charge in [-0.05, 0) is 55.5 Å². The largest absolute Gasteiger partial charge is 0.322 e. The average molecular weight is 425 g/mol. The number of amides is 1. The molecule has 2 aromatic heterocycles. The predicted octanol–water partition coefficient (Wildman–Crippen LogP) is 5.32. The third-order valence-electron chi connectivity index (χ3n) is 4.13. The summed E-state index contributed by atoms with van der Waals surface area (Å²) in [4.78, 5) is 18.0. The van der Waals surface area contributed by atoms with Crippen molar-refractivity contribution in [3.8, 4) is 5.69 Å². The van der Waals surface area contributed by atoms with Crippen LogP contribution in [-0.2, 0) is 5.75 Å². The number of thiazole rings is 1. The number of hydrogen-bond acceptors (Lipinski definition) is 5. The fourth-order valence-electron chi connectivity index (χ4n) is 2.72. The van der Waals surface area contributed by atoms with Gasteiger partial charge in [0.1, 0.15) is 5.69 Å². The Morgan fingerprint density at radius 2 is 2.07 bits per heavy atom. The first-order valence-corrected chi connectivity index (χ1v) is 10.7. The zero-order chi connectivity index (χ0) is 20.2. The van der Waals surface area contributed by atoms with Crippen molar-refractivity contribution >= 4 is 34.7 Å². The number of aromatic nitrogens is 3. The van der Waals surface area contributed by atoms with E-state index in [1.165, 1.54) is 10.7 Å². The fourth-order valence-corrected chi connectivity index (χ4v) is 4.23. The molecule has 0 fully saturated rings. The number of halogens is 1. The Labute approximate surface area is 175 Å². The van der Waals surface area contributed by atoms with Crippen molar-refractivity contribution in [3.05, 3.63) is 88.4 Å². The maximum Gasteiger partial charge on any atom is 0.255 e. The Morgan fingerprint density at radius 1 is 1.24 bits per heavy atom. The topological polar surface area (TPSA) is 59.8 Å². The van der Waals surface area contributed by atoms with Crippen LogP contribution in [0.2, 0.25) is 0 Å². The first-order chi connectivity index (χ1) is 14.1. The lowest BCUT2D eigenvalue weighted by Crippen LogP contribution is -2.12. The molecular weight excluding hydrogens is 407 g/mol. The Balaban J connectivity index is 1.38. The van der Waals surface area contributed by atoms with Gasteiger partial charge >= 0.3 is 0 Å². The summed E-state index contributed by atoms with van der Waals surface area (Å²) in [5.74, 6) is 0.0380. The molecule has 146 valence electrons. The van der Waals surface area contributed by atoms with E-state index in [2.05, 4.69) is 20.8 Å². The van der Waals surface area contributed by atoms with Gasteiger partial charge in [-0.15, -0.1) is 23.1 Å². The third kappa shape index (κ3) is 4.72. The van der Waals surface area contributed by atoms with E-state index in [1.807, 2.05) is 19.1 Å². The lowest BCUT2D eigenvalue weighted by molar-refractivity contribution is 0.102. The second kappa shape index (κ2) is 8.59. The number of rotatable bonds is 6. The molecule has 0 saturated carbocycles. The molecule has 0 saturated heterocycles. The van der Waals surface area contributed by atoms with Crippen molar-refractivity contribution in [2.45, 2.75) is 17.6 Å². The number of benzene rings is 2. The molecule has 2 heterocycles. The molecule has 1 amide bonds. The SMILES string of the molecule is Cc1nc(CSc2ccc(C(=O)Nc3ccc(-n4cccn4)c(F)c3)cc2)cs1. The molecule has 1 N–H and O–H groups in total. The number of carbonyl (C=O) groups is 1. The van der Waals surface area contributed by atoms with Crippen LogP contribution in [0, 0.1) is 12.7 Å². The van der Waals surface area contributed by atoms with Gasteiger partial charge < -0.3 is 5.32 Å². The van der Waals surface area contributed by atoms with Crippen LogP contribution in [0.1, 0.15) is 21.1 Å². The monoisotopic (exact) mass is 424 g/mol. The molecule has 0 aliphatic carbocycles. The van der Waals surface area contributed by atoms with Crippen molar-refractivity contribution in [2.75, 3.05) is 5.32 Å². The van der Waals surface area contributed by atoms with Crippen LogP contribution in [0.5, 0.6) is 0 Å². The molecule has 5 nitrogen and oxygen atoms in total. The second-order valence-electron chi connectivity index (χ2n) is 6.24. The summed E-state index contributed by atoms with van der Waals surface area (Å²) in [7, 11) is 0. The molecular formula is C21H17FN4OS2. The van der Waals surface area contributed by atoms with Crippen molar-refractivity contribution in [1.29, 1.82) is 0 Å². The smallest absolute Gasteiger partial charge is 0.255 e. The van der Waals surface area contributed by atoms with Crippen molar-refractivity contribution in [3.63, 3.8) is 0 Å². The molecule has 0 bridgehead atoms. The molecule has 4 rings (SSSR count). The molecule has 0 unspecified atom stereocenters. The van der Waals surface area contributed by atoms with E-state index < -0.39 is 5.82 Å². The van der Waals surface area contributed by atoms with Crippen LogP contribution in [0.15, 0.2) is 71.2 Å². The summed E-state index contributed by atoms with van der Waals surface area (Å²) < 4.78 is 15.8. The molecule has 0 aliphatic heterocycles. The molecule has 0 radical (unpaired) electrons. The summed E-state index contributed by atoms with van der Waals surface area (Å²) in [6.07, 6.45) is 3.24. The molecule has 29 heavy (non-hydrogen) atoms. The van der Waals surface area contributed by atoms with Crippen LogP contribution >= 0.6 is 23.1 Å². The van der Waals surface area contributed by atoms with E-state index in [0.717, 1.165) is 21.3 Å². The maximum absolute atomic E-state index is 14.3. The summed E-state index contributed by atoms with van der Waals surface area (Å²) in [5.41, 5.74) is 2.28. The van der Waals surface area contributed by atoms with Crippen LogP contribution < -0.4 is 5.32 Å². The summed E-state index contributed by atoms with van der Waals surface area (Å²) in [6, 6.07) is 13.6. The quantitative estimate of drug-likeness (QED) is 0.426. The zero-order valence-corrected chi connectivity index (χ0v) is 17.1. The lowest BCUT2D eigenvalue weighted by Gasteiger charge is -2.09. The Morgan fingerprint density at radius 3 is 2.72 bits per heavy atom. The minimum absolute atomic E-state index is 0.289. The summed E-state index contributed by atoms with van der Waals surface area (Å²) >= 11 is 3.31. The lowest BCUT2D eigenvalue weighted by atomic mass is 10.2. The molecule has 2 aromatic carbocycles. The van der Waals surface area contributed by atoms with E-state index >= 15 is 0 Å². The molecule has 0 spiro atoms. The number of hydrogen-bond donors (Lipinski definition) is 1. The summed E-state index contributed by atoms with van der Waals surface area (Å²) in [6.45, 7) is 1.99. The second-order valence-corrected chi connectivity index (χ2v) is 8.35. The van der Waals surface area contributed by atoms with Gasteiger partial charge in [0.25, 0.3) is 5.91 Å². The fraction of sp³-hybridized carbons (Fsp3) is 0.0952. The minimum Gasteiger partial charge on any atom is -0.322 e. The Hall–Kier alpha value is -2.97. The number of nitrogens with one attached hydrogen (secondary N) is 1. The molecule has 0 atom stereocenters. The number of anilines is 1. The van der Waals surface area contributed by atoms with Crippen molar-refractivity contribution < 1.29 is 9.18 Å². The Kier molecular flexibility index (Phi) is 5.73. The van der Waals surface area contributed by atoms with Gasteiger partial charge in [0.2, 0.25) is 0 Å². The molecule has 8 heteroatoms. The van der Waals surface area contributed by atoms with E-state index in [9.17, 15) is 9.18 Å². The van der Waals surface area contributed by atoms with E-state index in [4.69, 9.17) is 0 Å². The van der Waals surface area contributed by atoms with Gasteiger partial charge in [-0.3, -0.25) is 4.79 Å². The highest BCUT2D eigenvalue weighted by Crippen LogP contribution is 2.24.